The fourth-order valence-corrected chi connectivity index (χ4v) is 8.22. The van der Waals surface area contributed by atoms with Gasteiger partial charge in [-0.3, -0.25) is 9.69 Å². The first-order chi connectivity index (χ1) is 14.5. The first-order valence-corrected chi connectivity index (χ1v) is 15.1. The Morgan fingerprint density at radius 3 is 2.42 bits per heavy atom. The van der Waals surface area contributed by atoms with E-state index < -0.39 is 20.6 Å². The van der Waals surface area contributed by atoms with E-state index in [1.807, 2.05) is 37.3 Å². The van der Waals surface area contributed by atoms with Crippen LogP contribution in [0.5, 0.6) is 5.75 Å². The number of hydrogen-bond acceptors (Lipinski definition) is 6. The Labute approximate surface area is 194 Å². The smallest absolute Gasteiger partial charge is 0.354 e. The molecule has 9 heteroatoms. The molecule has 0 aromatic heterocycles. The largest absolute Gasteiger partial charge is 0.493 e. The highest BCUT2D eigenvalue weighted by atomic mass is 32.2. The van der Waals surface area contributed by atoms with E-state index in [-0.39, 0.29) is 28.3 Å². The summed E-state index contributed by atoms with van der Waals surface area (Å²) in [7, 11) is -1.43. The van der Waals surface area contributed by atoms with E-state index in [4.69, 9.17) is 9.16 Å². The van der Waals surface area contributed by atoms with Crippen molar-refractivity contribution in [1.29, 1.82) is 0 Å². The lowest BCUT2D eigenvalue weighted by molar-refractivity contribution is -0.173. The normalized spacial score (nSPS) is 22.9. The Balaban J connectivity index is 1.73. The summed E-state index contributed by atoms with van der Waals surface area (Å²) in [5, 5.41) is 9.58. The van der Waals surface area contributed by atoms with Crippen molar-refractivity contribution in [1.82, 2.24) is 4.90 Å². The molecule has 2 aliphatic rings. The van der Waals surface area contributed by atoms with E-state index in [1.54, 1.807) is 0 Å². The second kappa shape index (κ2) is 9.21. The number of aliphatic carboxylic acids is 1. The molecule has 1 aromatic rings. The number of fused-ring (bicyclic) bond motifs is 1. The van der Waals surface area contributed by atoms with Crippen molar-refractivity contribution >= 4 is 44.4 Å². The van der Waals surface area contributed by atoms with Crippen LogP contribution in [0.1, 0.15) is 27.7 Å². The first kappa shape index (κ1) is 24.2. The molecule has 0 spiro atoms. The van der Waals surface area contributed by atoms with Crippen LogP contribution in [-0.2, 0) is 14.0 Å². The number of ether oxygens (including phenoxy) is 1. The number of thioether (sulfide) groups is 2. The van der Waals surface area contributed by atoms with Crippen LogP contribution in [0.25, 0.3) is 0 Å². The molecule has 31 heavy (non-hydrogen) atoms. The van der Waals surface area contributed by atoms with Crippen molar-refractivity contribution in [3.8, 4) is 5.75 Å². The molecule has 3 atom stereocenters. The zero-order valence-electron chi connectivity index (χ0n) is 18.9. The summed E-state index contributed by atoms with van der Waals surface area (Å²) in [5.41, 5.74) is -0.822. The standard InChI is InChI=1S/C22H31NO5S2Si/c1-21(2,3)22(4,28-31(5)6)15-17(24)23-16(19(25)26)20(30-18(15)23)29-13-12-27-14-10-8-7-9-11-14/h7-11,15,18,31H,12-13H2,1-6H3,(H,25,26)/t15-,18-,22+/m1/s1. The number of nitrogens with zero attached hydrogens (tertiary/aromatic N) is 1. The summed E-state index contributed by atoms with van der Waals surface area (Å²) in [5.74, 6) is -0.215. The average molecular weight is 482 g/mol. The van der Waals surface area contributed by atoms with Crippen molar-refractivity contribution in [2.45, 2.75) is 51.8 Å². The predicted molar refractivity (Wildman–Crippen MR) is 129 cm³/mol. The van der Waals surface area contributed by atoms with Crippen molar-refractivity contribution in [3.05, 3.63) is 40.3 Å². The molecule has 2 heterocycles. The van der Waals surface area contributed by atoms with Gasteiger partial charge in [-0.15, -0.1) is 11.8 Å². The van der Waals surface area contributed by atoms with Crippen LogP contribution < -0.4 is 4.74 Å². The molecule has 0 saturated carbocycles. The van der Waals surface area contributed by atoms with Gasteiger partial charge in [-0.25, -0.2) is 4.79 Å². The third-order valence-corrected chi connectivity index (χ3v) is 9.36. The van der Waals surface area contributed by atoms with Crippen LogP contribution in [0, 0.1) is 11.3 Å². The summed E-state index contributed by atoms with van der Waals surface area (Å²) in [6.45, 7) is 12.9. The number of β-lactam (4-membered cyclic amide) rings is 1. The van der Waals surface area contributed by atoms with Gasteiger partial charge in [-0.2, -0.15) is 0 Å². The summed E-state index contributed by atoms with van der Waals surface area (Å²) < 4.78 is 12.8. The number of carboxylic acids is 1. The number of carbonyl (C=O) groups is 2. The number of benzene rings is 1. The van der Waals surface area contributed by atoms with Gasteiger partial charge >= 0.3 is 5.97 Å². The van der Waals surface area contributed by atoms with Gasteiger partial charge in [-0.05, 0) is 37.6 Å². The highest BCUT2D eigenvalue weighted by molar-refractivity contribution is 8.22. The van der Waals surface area contributed by atoms with Crippen LogP contribution in [0.4, 0.5) is 0 Å². The third kappa shape index (κ3) is 4.69. The molecule has 0 unspecified atom stereocenters. The number of carboxylic acid groups (broad SMARTS) is 1. The van der Waals surface area contributed by atoms with Crippen LogP contribution in [0.15, 0.2) is 40.3 Å². The Hall–Kier alpha value is -1.42. The molecule has 0 bridgehead atoms. The summed E-state index contributed by atoms with van der Waals surface area (Å²) in [6.07, 6.45) is 0. The Bertz CT molecular complexity index is 870. The second-order valence-corrected chi connectivity index (χ2v) is 14.0. The maximum absolute atomic E-state index is 13.2. The number of amides is 1. The molecular weight excluding hydrogens is 450 g/mol. The first-order valence-electron chi connectivity index (χ1n) is 10.4. The van der Waals surface area contributed by atoms with Gasteiger partial charge in [0.15, 0.2) is 14.7 Å². The summed E-state index contributed by atoms with van der Waals surface area (Å²) in [4.78, 5) is 26.7. The predicted octanol–water partition coefficient (Wildman–Crippen LogP) is 4.39. The molecule has 3 rings (SSSR count). The number of carbonyl (C=O) groups excluding carboxylic acids is 1. The lowest BCUT2D eigenvalue weighted by Gasteiger charge is -2.56. The molecule has 1 aromatic carbocycles. The molecule has 6 nitrogen and oxygen atoms in total. The van der Waals surface area contributed by atoms with Gasteiger partial charge in [0.1, 0.15) is 11.1 Å². The van der Waals surface area contributed by atoms with Gasteiger partial charge in [0.2, 0.25) is 5.91 Å². The van der Waals surface area contributed by atoms with Gasteiger partial charge in [0.05, 0.1) is 22.4 Å². The number of rotatable bonds is 9. The monoisotopic (exact) mass is 481 g/mol. The molecule has 2 aliphatic heterocycles. The van der Waals surface area contributed by atoms with Crippen molar-refractivity contribution in [2.24, 2.45) is 11.3 Å². The minimum absolute atomic E-state index is 0.0963. The van der Waals surface area contributed by atoms with Crippen molar-refractivity contribution < 1.29 is 23.9 Å². The lowest BCUT2D eigenvalue weighted by atomic mass is 9.66. The van der Waals surface area contributed by atoms with E-state index in [2.05, 4.69) is 33.9 Å². The number of hydrogen-bond donors (Lipinski definition) is 1. The molecule has 170 valence electrons. The van der Waals surface area contributed by atoms with E-state index >= 15 is 0 Å². The fourth-order valence-electron chi connectivity index (χ4n) is 3.90. The SMILES string of the molecule is C[SiH](C)O[C@@](C)([C@@H]1C(=O)N2C(C(=O)O)=C(SCCOc3ccccc3)S[C@H]12)C(C)(C)C. The number of para-hydroxylation sites is 1. The van der Waals surface area contributed by atoms with E-state index in [1.165, 1.54) is 28.4 Å². The molecular formula is C22H31NO5S2Si. The van der Waals surface area contributed by atoms with Crippen LogP contribution >= 0.6 is 23.5 Å². The highest BCUT2D eigenvalue weighted by Gasteiger charge is 2.65. The van der Waals surface area contributed by atoms with E-state index in [0.717, 1.165) is 5.75 Å². The van der Waals surface area contributed by atoms with Crippen LogP contribution in [0.3, 0.4) is 0 Å². The van der Waals surface area contributed by atoms with Gasteiger partial charge in [-0.1, -0.05) is 50.7 Å². The second-order valence-electron chi connectivity index (χ2n) is 9.17. The molecule has 1 amide bonds. The maximum atomic E-state index is 13.2. The van der Waals surface area contributed by atoms with Gasteiger partial charge < -0.3 is 14.3 Å². The van der Waals surface area contributed by atoms with Crippen LogP contribution in [-0.4, -0.2) is 54.3 Å². The zero-order chi connectivity index (χ0) is 23.0. The zero-order valence-corrected chi connectivity index (χ0v) is 21.7. The van der Waals surface area contributed by atoms with Crippen molar-refractivity contribution in [3.63, 3.8) is 0 Å². The quantitative estimate of drug-likeness (QED) is 0.318. The van der Waals surface area contributed by atoms with E-state index in [0.29, 0.717) is 16.6 Å². The topological polar surface area (TPSA) is 76.1 Å². The summed E-state index contributed by atoms with van der Waals surface area (Å²) in [6, 6.07) is 9.51. The Morgan fingerprint density at radius 1 is 1.23 bits per heavy atom. The molecule has 0 radical (unpaired) electrons. The Kier molecular flexibility index (Phi) is 7.20. The third-order valence-electron chi connectivity index (χ3n) is 5.80. The molecule has 0 aliphatic carbocycles. The van der Waals surface area contributed by atoms with E-state index in [9.17, 15) is 14.7 Å². The minimum Gasteiger partial charge on any atom is -0.493 e. The highest BCUT2D eigenvalue weighted by Crippen LogP contribution is 2.58. The minimum atomic E-state index is -1.43. The maximum Gasteiger partial charge on any atom is 0.354 e. The van der Waals surface area contributed by atoms with Crippen molar-refractivity contribution in [2.75, 3.05) is 12.4 Å². The molecule has 1 fully saturated rings. The van der Waals surface area contributed by atoms with Gasteiger partial charge in [0, 0.05) is 5.75 Å². The average Bonchev–Trinajstić information content (AvgIpc) is 2.99. The fraction of sp³-hybridized carbons (Fsp3) is 0.545. The molecule has 1 saturated heterocycles. The lowest BCUT2D eigenvalue weighted by Crippen LogP contribution is -2.69. The summed E-state index contributed by atoms with van der Waals surface area (Å²) >= 11 is 2.91. The molecule has 1 N–H and O–H groups in total. The van der Waals surface area contributed by atoms with Gasteiger partial charge in [0.25, 0.3) is 0 Å². The Morgan fingerprint density at radius 2 is 1.87 bits per heavy atom. The van der Waals surface area contributed by atoms with Crippen LogP contribution in [0.2, 0.25) is 13.1 Å².